The fraction of sp³-hybridized carbons (Fsp3) is 0.176. The van der Waals surface area contributed by atoms with E-state index in [0.29, 0.717) is 16.3 Å². The molecule has 0 aliphatic rings. The zero-order chi connectivity index (χ0) is 17.0. The normalized spacial score (nSPS) is 11.7. The minimum atomic E-state index is -0.924. The summed E-state index contributed by atoms with van der Waals surface area (Å²) in [5.41, 5.74) is 0.641. The summed E-state index contributed by atoms with van der Waals surface area (Å²) in [5, 5.41) is 0.379. The highest BCUT2D eigenvalue weighted by Crippen LogP contribution is 2.24. The molecule has 0 aliphatic carbocycles. The summed E-state index contributed by atoms with van der Waals surface area (Å²) in [7, 11) is 1.44. The Balaban J connectivity index is 2.15. The monoisotopic (exact) mass is 396 g/mol. The molecule has 2 rings (SSSR count). The fourth-order valence-corrected chi connectivity index (χ4v) is 2.40. The summed E-state index contributed by atoms with van der Waals surface area (Å²) in [6.07, 6.45) is -0.924. The van der Waals surface area contributed by atoms with Gasteiger partial charge in [-0.25, -0.2) is 4.79 Å². The van der Waals surface area contributed by atoms with Crippen LogP contribution in [0.25, 0.3) is 0 Å². The first-order valence-corrected chi connectivity index (χ1v) is 7.93. The number of methoxy groups -OCH3 is 1. The van der Waals surface area contributed by atoms with Crippen molar-refractivity contribution in [3.63, 3.8) is 0 Å². The van der Waals surface area contributed by atoms with Crippen LogP contribution in [0.5, 0.6) is 5.75 Å². The number of hydrogen-bond donors (Lipinski definition) is 0. The first-order chi connectivity index (χ1) is 10.9. The second-order valence-electron chi connectivity index (χ2n) is 4.76. The highest BCUT2D eigenvalue weighted by molar-refractivity contribution is 9.10. The highest BCUT2D eigenvalue weighted by Gasteiger charge is 2.22. The van der Waals surface area contributed by atoms with Gasteiger partial charge >= 0.3 is 5.97 Å². The molecule has 2 aromatic rings. The number of halogens is 2. The van der Waals surface area contributed by atoms with Crippen LogP contribution in [0.2, 0.25) is 5.02 Å². The molecule has 0 aliphatic heterocycles. The topological polar surface area (TPSA) is 52.6 Å². The maximum absolute atomic E-state index is 12.3. The third kappa shape index (κ3) is 4.33. The van der Waals surface area contributed by atoms with Crippen molar-refractivity contribution >= 4 is 39.3 Å². The molecule has 120 valence electrons. The van der Waals surface area contributed by atoms with Crippen molar-refractivity contribution in [2.45, 2.75) is 13.0 Å². The van der Waals surface area contributed by atoms with Crippen molar-refractivity contribution < 1.29 is 19.1 Å². The van der Waals surface area contributed by atoms with Crippen molar-refractivity contribution in [3.05, 3.63) is 63.1 Å². The van der Waals surface area contributed by atoms with Crippen LogP contribution in [0.15, 0.2) is 46.9 Å². The van der Waals surface area contributed by atoms with Crippen molar-refractivity contribution in [1.29, 1.82) is 0 Å². The lowest BCUT2D eigenvalue weighted by molar-refractivity contribution is 0.0316. The zero-order valence-electron chi connectivity index (χ0n) is 12.5. The van der Waals surface area contributed by atoms with E-state index in [9.17, 15) is 9.59 Å². The first-order valence-electron chi connectivity index (χ1n) is 6.76. The Morgan fingerprint density at radius 2 is 1.78 bits per heavy atom. The van der Waals surface area contributed by atoms with E-state index in [0.717, 1.165) is 4.47 Å². The Kier molecular flexibility index (Phi) is 5.80. The molecule has 0 heterocycles. The van der Waals surface area contributed by atoms with Gasteiger partial charge in [-0.3, -0.25) is 4.79 Å². The molecule has 0 saturated carbocycles. The van der Waals surface area contributed by atoms with Gasteiger partial charge in [0.15, 0.2) is 6.10 Å². The van der Waals surface area contributed by atoms with E-state index in [1.165, 1.54) is 20.1 Å². The van der Waals surface area contributed by atoms with Crippen LogP contribution in [-0.4, -0.2) is 25.0 Å². The highest BCUT2D eigenvalue weighted by atomic mass is 79.9. The van der Waals surface area contributed by atoms with Crippen LogP contribution in [0, 0.1) is 0 Å². The number of ether oxygens (including phenoxy) is 2. The maximum atomic E-state index is 12.3. The number of esters is 1. The molecule has 23 heavy (non-hydrogen) atoms. The molecule has 0 aromatic heterocycles. The lowest BCUT2D eigenvalue weighted by Gasteiger charge is -2.14. The van der Waals surface area contributed by atoms with Gasteiger partial charge in [-0.15, -0.1) is 0 Å². The summed E-state index contributed by atoms with van der Waals surface area (Å²) in [6.45, 7) is 1.53. The number of benzene rings is 2. The van der Waals surface area contributed by atoms with Crippen molar-refractivity contribution in [2.75, 3.05) is 7.11 Å². The summed E-state index contributed by atoms with van der Waals surface area (Å²) in [6, 6.07) is 11.4. The van der Waals surface area contributed by atoms with Gasteiger partial charge in [0.25, 0.3) is 0 Å². The third-order valence-corrected chi connectivity index (χ3v) is 3.93. The van der Waals surface area contributed by atoms with Gasteiger partial charge in [0.05, 0.1) is 7.11 Å². The smallest absolute Gasteiger partial charge is 0.342 e. The lowest BCUT2D eigenvalue weighted by atomic mass is 10.1. The molecule has 0 spiro atoms. The maximum Gasteiger partial charge on any atom is 0.342 e. The molecule has 0 unspecified atom stereocenters. The van der Waals surface area contributed by atoms with E-state index >= 15 is 0 Å². The van der Waals surface area contributed by atoms with E-state index in [-0.39, 0.29) is 11.3 Å². The largest absolute Gasteiger partial charge is 0.496 e. The van der Waals surface area contributed by atoms with Gasteiger partial charge < -0.3 is 9.47 Å². The molecule has 0 fully saturated rings. The Hall–Kier alpha value is -1.85. The molecule has 0 saturated heterocycles. The van der Waals surface area contributed by atoms with E-state index < -0.39 is 12.1 Å². The SMILES string of the molecule is COc1ccc(Cl)cc1C(=O)O[C@H](C)C(=O)c1ccc(Br)cc1. The molecule has 0 amide bonds. The molecule has 6 heteroatoms. The molecule has 4 nitrogen and oxygen atoms in total. The van der Waals surface area contributed by atoms with Gasteiger partial charge in [0.1, 0.15) is 11.3 Å². The minimum Gasteiger partial charge on any atom is -0.496 e. The van der Waals surface area contributed by atoms with Crippen molar-refractivity contribution in [3.8, 4) is 5.75 Å². The summed E-state index contributed by atoms with van der Waals surface area (Å²) < 4.78 is 11.2. The van der Waals surface area contributed by atoms with Crippen LogP contribution in [0.4, 0.5) is 0 Å². The second-order valence-corrected chi connectivity index (χ2v) is 6.12. The number of rotatable bonds is 5. The van der Waals surface area contributed by atoms with Gasteiger partial charge in [-0.05, 0) is 37.3 Å². The predicted molar refractivity (Wildman–Crippen MR) is 91.4 cm³/mol. The minimum absolute atomic E-state index is 0.176. The Labute approximate surface area is 147 Å². The quantitative estimate of drug-likeness (QED) is 0.549. The fourth-order valence-electron chi connectivity index (χ4n) is 1.97. The molecule has 2 aromatic carbocycles. The van der Waals surface area contributed by atoms with E-state index in [1.54, 1.807) is 36.4 Å². The van der Waals surface area contributed by atoms with Gasteiger partial charge in [-0.1, -0.05) is 39.7 Å². The van der Waals surface area contributed by atoms with E-state index in [2.05, 4.69) is 15.9 Å². The molecule has 0 bridgehead atoms. The number of carbonyl (C=O) groups is 2. The predicted octanol–water partition coefficient (Wildman–Crippen LogP) is 4.54. The number of carbonyl (C=O) groups excluding carboxylic acids is 2. The number of Topliss-reactive ketones (excluding diaryl/α,β-unsaturated/α-hetero) is 1. The molecular formula is C17H14BrClO4. The summed E-state index contributed by atoms with van der Waals surface area (Å²) >= 11 is 9.20. The van der Waals surface area contributed by atoms with Crippen molar-refractivity contribution in [1.82, 2.24) is 0 Å². The van der Waals surface area contributed by atoms with Gasteiger partial charge in [0, 0.05) is 15.1 Å². The van der Waals surface area contributed by atoms with E-state index in [4.69, 9.17) is 21.1 Å². The zero-order valence-corrected chi connectivity index (χ0v) is 14.8. The average Bonchev–Trinajstić information content (AvgIpc) is 2.54. The number of hydrogen-bond acceptors (Lipinski definition) is 4. The second kappa shape index (κ2) is 7.62. The molecule has 0 radical (unpaired) electrons. The Morgan fingerprint density at radius 3 is 2.39 bits per heavy atom. The first kappa shape index (κ1) is 17.5. The van der Waals surface area contributed by atoms with Gasteiger partial charge in [-0.2, -0.15) is 0 Å². The van der Waals surface area contributed by atoms with Crippen molar-refractivity contribution in [2.24, 2.45) is 0 Å². The van der Waals surface area contributed by atoms with Crippen LogP contribution >= 0.6 is 27.5 Å². The molecular weight excluding hydrogens is 384 g/mol. The lowest BCUT2D eigenvalue weighted by Crippen LogP contribution is -2.24. The standard InChI is InChI=1S/C17H14BrClO4/c1-10(16(20)11-3-5-12(18)6-4-11)23-17(21)14-9-13(19)7-8-15(14)22-2/h3-10H,1-2H3/t10-/m1/s1. The van der Waals surface area contributed by atoms with Crippen LogP contribution < -0.4 is 4.74 Å². The summed E-state index contributed by atoms with van der Waals surface area (Å²) in [5.74, 6) is -0.614. The summed E-state index contributed by atoms with van der Waals surface area (Å²) in [4.78, 5) is 24.6. The van der Waals surface area contributed by atoms with E-state index in [1.807, 2.05) is 0 Å². The Morgan fingerprint density at radius 1 is 1.13 bits per heavy atom. The van der Waals surface area contributed by atoms with Gasteiger partial charge in [0.2, 0.25) is 5.78 Å². The molecule has 0 N–H and O–H groups in total. The third-order valence-electron chi connectivity index (χ3n) is 3.16. The Bertz CT molecular complexity index is 728. The van der Waals surface area contributed by atoms with Crippen LogP contribution in [0.1, 0.15) is 27.6 Å². The van der Waals surface area contributed by atoms with Crippen LogP contribution in [0.3, 0.4) is 0 Å². The number of ketones is 1. The van der Waals surface area contributed by atoms with Crippen LogP contribution in [-0.2, 0) is 4.74 Å². The average molecular weight is 398 g/mol. The molecule has 1 atom stereocenters.